The van der Waals surface area contributed by atoms with Crippen molar-refractivity contribution in [2.75, 3.05) is 4.90 Å². The van der Waals surface area contributed by atoms with Gasteiger partial charge in [-0.2, -0.15) is 0 Å². The van der Waals surface area contributed by atoms with Crippen LogP contribution in [-0.4, -0.2) is 0 Å². The Morgan fingerprint density at radius 2 is 0.971 bits per heavy atom. The zero-order valence-electron chi connectivity index (χ0n) is 20.5. The topological polar surface area (TPSA) is 3.24 Å². The molecule has 5 aromatic rings. The fraction of sp³-hybridized carbons (Fsp3) is 0.118. The molecule has 0 atom stereocenters. The van der Waals surface area contributed by atoms with E-state index in [-0.39, 0.29) is 5.41 Å². The molecule has 5 aromatic carbocycles. The Morgan fingerprint density at radius 1 is 0.457 bits per heavy atom. The largest absolute Gasteiger partial charge is 0.310 e. The van der Waals surface area contributed by atoms with Gasteiger partial charge in [0.05, 0.1) is 11.4 Å². The van der Waals surface area contributed by atoms with Gasteiger partial charge in [-0.25, -0.2) is 0 Å². The van der Waals surface area contributed by atoms with Gasteiger partial charge < -0.3 is 4.90 Å². The van der Waals surface area contributed by atoms with Crippen LogP contribution in [0.5, 0.6) is 0 Å². The number of fused-ring (bicyclic) bond motifs is 2. The molecule has 6 rings (SSSR count). The van der Waals surface area contributed by atoms with Gasteiger partial charge in [0.1, 0.15) is 0 Å². The standard InChI is InChI=1S/C34H29N/c1-24-22-27(25-12-6-4-7-13-25)18-20-31(24)35-32-17-11-10-16-29(32)34(2,3)30-23-28(19-21-33(30)35)26-14-8-5-9-15-26/h4-23H,1-3H3. The number of hydrogen-bond donors (Lipinski definition) is 0. The van der Waals surface area contributed by atoms with Crippen molar-refractivity contribution >= 4 is 17.1 Å². The predicted octanol–water partition coefficient (Wildman–Crippen LogP) is 9.44. The zero-order valence-corrected chi connectivity index (χ0v) is 20.5. The van der Waals surface area contributed by atoms with E-state index in [9.17, 15) is 0 Å². The van der Waals surface area contributed by atoms with Crippen molar-refractivity contribution in [2.45, 2.75) is 26.2 Å². The molecule has 1 aliphatic rings. The molecule has 0 saturated heterocycles. The van der Waals surface area contributed by atoms with E-state index in [2.05, 4.69) is 147 Å². The zero-order chi connectivity index (χ0) is 24.0. The van der Waals surface area contributed by atoms with E-state index in [1.54, 1.807) is 0 Å². The molecule has 0 N–H and O–H groups in total. The molecule has 0 unspecified atom stereocenters. The van der Waals surface area contributed by atoms with Crippen LogP contribution in [0, 0.1) is 6.92 Å². The molecular weight excluding hydrogens is 422 g/mol. The summed E-state index contributed by atoms with van der Waals surface area (Å²) in [5, 5.41) is 0. The van der Waals surface area contributed by atoms with Crippen LogP contribution in [0.1, 0.15) is 30.5 Å². The van der Waals surface area contributed by atoms with E-state index in [4.69, 9.17) is 0 Å². The first-order valence-corrected chi connectivity index (χ1v) is 12.3. The first-order valence-electron chi connectivity index (χ1n) is 12.3. The highest BCUT2D eigenvalue weighted by Gasteiger charge is 2.37. The summed E-state index contributed by atoms with van der Waals surface area (Å²) in [7, 11) is 0. The van der Waals surface area contributed by atoms with Crippen molar-refractivity contribution in [1.82, 2.24) is 0 Å². The normalized spacial score (nSPS) is 13.7. The third-order valence-electron chi connectivity index (χ3n) is 7.38. The van der Waals surface area contributed by atoms with E-state index in [1.807, 2.05) is 0 Å². The van der Waals surface area contributed by atoms with Gasteiger partial charge in [0.2, 0.25) is 0 Å². The Balaban J connectivity index is 1.55. The van der Waals surface area contributed by atoms with Crippen LogP contribution in [0.3, 0.4) is 0 Å². The van der Waals surface area contributed by atoms with Crippen LogP contribution < -0.4 is 4.90 Å². The highest BCUT2D eigenvalue weighted by molar-refractivity contribution is 5.89. The Hall–Kier alpha value is -4.10. The van der Waals surface area contributed by atoms with Crippen LogP contribution in [-0.2, 0) is 5.41 Å². The highest BCUT2D eigenvalue weighted by atomic mass is 15.2. The molecule has 0 aromatic heterocycles. The van der Waals surface area contributed by atoms with Crippen LogP contribution >= 0.6 is 0 Å². The smallest absolute Gasteiger partial charge is 0.0503 e. The van der Waals surface area contributed by atoms with Gasteiger partial charge in [-0.15, -0.1) is 0 Å². The van der Waals surface area contributed by atoms with Gasteiger partial charge in [0, 0.05) is 11.1 Å². The quantitative estimate of drug-likeness (QED) is 0.264. The minimum Gasteiger partial charge on any atom is -0.310 e. The van der Waals surface area contributed by atoms with E-state index >= 15 is 0 Å². The Kier molecular flexibility index (Phi) is 5.07. The van der Waals surface area contributed by atoms with Crippen molar-refractivity contribution in [3.05, 3.63) is 138 Å². The lowest BCUT2D eigenvalue weighted by atomic mass is 9.73. The average Bonchev–Trinajstić information content (AvgIpc) is 2.90. The molecule has 35 heavy (non-hydrogen) atoms. The van der Waals surface area contributed by atoms with Crippen molar-refractivity contribution in [1.29, 1.82) is 0 Å². The van der Waals surface area contributed by atoms with Gasteiger partial charge in [-0.3, -0.25) is 0 Å². The van der Waals surface area contributed by atoms with Crippen LogP contribution in [0.4, 0.5) is 17.1 Å². The third-order valence-corrected chi connectivity index (χ3v) is 7.38. The van der Waals surface area contributed by atoms with Crippen LogP contribution in [0.25, 0.3) is 22.3 Å². The minimum atomic E-state index is -0.106. The molecule has 170 valence electrons. The van der Waals surface area contributed by atoms with Crippen molar-refractivity contribution in [3.63, 3.8) is 0 Å². The number of aryl methyl sites for hydroxylation is 1. The van der Waals surface area contributed by atoms with E-state index < -0.39 is 0 Å². The molecule has 0 bridgehead atoms. The van der Waals surface area contributed by atoms with E-state index in [0.717, 1.165) is 0 Å². The molecular formula is C34H29N. The van der Waals surface area contributed by atoms with E-state index in [1.165, 1.54) is 56.0 Å². The van der Waals surface area contributed by atoms with Gasteiger partial charge in [-0.05, 0) is 76.2 Å². The number of hydrogen-bond acceptors (Lipinski definition) is 1. The summed E-state index contributed by atoms with van der Waals surface area (Å²) in [6, 6.07) is 43.9. The maximum Gasteiger partial charge on any atom is 0.0503 e. The molecule has 0 spiro atoms. The molecule has 1 nitrogen and oxygen atoms in total. The lowest BCUT2D eigenvalue weighted by Gasteiger charge is -2.42. The average molecular weight is 452 g/mol. The van der Waals surface area contributed by atoms with Crippen molar-refractivity contribution in [2.24, 2.45) is 0 Å². The molecule has 0 amide bonds. The third kappa shape index (κ3) is 3.56. The van der Waals surface area contributed by atoms with Crippen LogP contribution in [0.15, 0.2) is 121 Å². The number of rotatable bonds is 3. The number of anilines is 3. The summed E-state index contributed by atoms with van der Waals surface area (Å²) in [5.74, 6) is 0. The maximum atomic E-state index is 2.45. The Bertz CT molecular complexity index is 1510. The molecule has 1 heteroatoms. The summed E-state index contributed by atoms with van der Waals surface area (Å²) < 4.78 is 0. The van der Waals surface area contributed by atoms with Crippen molar-refractivity contribution in [3.8, 4) is 22.3 Å². The Morgan fingerprint density at radius 3 is 1.60 bits per heavy atom. The molecule has 0 radical (unpaired) electrons. The lowest BCUT2D eigenvalue weighted by Crippen LogP contribution is -2.30. The lowest BCUT2D eigenvalue weighted by molar-refractivity contribution is 0.632. The summed E-state index contributed by atoms with van der Waals surface area (Å²) in [6.45, 7) is 6.92. The number of para-hydroxylation sites is 1. The summed E-state index contributed by atoms with van der Waals surface area (Å²) in [6.07, 6.45) is 0. The highest BCUT2D eigenvalue weighted by Crippen LogP contribution is 2.53. The molecule has 0 fully saturated rings. The second-order valence-electron chi connectivity index (χ2n) is 9.94. The van der Waals surface area contributed by atoms with Gasteiger partial charge in [0.15, 0.2) is 0 Å². The SMILES string of the molecule is Cc1cc(-c2ccccc2)ccc1N1c2ccccc2C(C)(C)c2cc(-c3ccccc3)ccc21. The first kappa shape index (κ1) is 21.4. The summed E-state index contributed by atoms with van der Waals surface area (Å²) in [5.41, 5.74) is 12.6. The predicted molar refractivity (Wildman–Crippen MR) is 149 cm³/mol. The summed E-state index contributed by atoms with van der Waals surface area (Å²) in [4.78, 5) is 2.45. The van der Waals surface area contributed by atoms with Crippen molar-refractivity contribution < 1.29 is 0 Å². The molecule has 1 heterocycles. The second kappa shape index (κ2) is 8.29. The fourth-order valence-electron chi connectivity index (χ4n) is 5.49. The molecule has 1 aliphatic heterocycles. The molecule has 0 saturated carbocycles. The van der Waals surface area contributed by atoms with Crippen LogP contribution in [0.2, 0.25) is 0 Å². The number of nitrogens with zero attached hydrogens (tertiary/aromatic N) is 1. The van der Waals surface area contributed by atoms with E-state index in [0.29, 0.717) is 0 Å². The number of benzene rings is 5. The molecule has 0 aliphatic carbocycles. The minimum absolute atomic E-state index is 0.106. The fourth-order valence-corrected chi connectivity index (χ4v) is 5.49. The second-order valence-corrected chi connectivity index (χ2v) is 9.94. The summed E-state index contributed by atoms with van der Waals surface area (Å²) >= 11 is 0. The Labute approximate surface area is 208 Å². The monoisotopic (exact) mass is 451 g/mol. The van der Waals surface area contributed by atoms with Gasteiger partial charge in [0.25, 0.3) is 0 Å². The first-order chi connectivity index (χ1) is 17.0. The van der Waals surface area contributed by atoms with Gasteiger partial charge >= 0.3 is 0 Å². The maximum absolute atomic E-state index is 2.45. The van der Waals surface area contributed by atoms with Gasteiger partial charge in [-0.1, -0.05) is 105 Å².